The number of ketones is 1. The van der Waals surface area contributed by atoms with E-state index in [0.717, 1.165) is 22.6 Å². The van der Waals surface area contributed by atoms with Crippen LogP contribution in [0.4, 0.5) is 5.69 Å². The van der Waals surface area contributed by atoms with Crippen molar-refractivity contribution in [3.63, 3.8) is 0 Å². The molecule has 2 aromatic carbocycles. The standard InChI is InChI=1S/C32H24ClN3O4/c33-27-16-26-30(17-28(27)37)40-29-15-22(11-12-25(29)31(26)23-9-1-2-10-24(23)32(38)39)36(18-20-7-3-5-13-34-20)19-21-8-4-6-14-35-21/h1-16,31H,17-19H2,(H,38,39). The van der Waals surface area contributed by atoms with Crippen LogP contribution in [0, 0.1) is 0 Å². The van der Waals surface area contributed by atoms with Crippen LogP contribution >= 0.6 is 11.6 Å². The molecule has 0 fully saturated rings. The molecule has 0 radical (unpaired) electrons. The zero-order valence-corrected chi connectivity index (χ0v) is 22.1. The minimum atomic E-state index is -1.03. The average molecular weight is 550 g/mol. The molecule has 4 aromatic rings. The Morgan fingerprint density at radius 2 is 1.60 bits per heavy atom. The van der Waals surface area contributed by atoms with E-state index in [1.165, 1.54) is 0 Å². The Hall–Kier alpha value is -4.75. The number of ether oxygens (including phenoxy) is 1. The molecule has 1 aliphatic carbocycles. The number of nitrogens with zero attached hydrogens (tertiary/aromatic N) is 3. The summed E-state index contributed by atoms with van der Waals surface area (Å²) in [5.41, 5.74) is 4.94. The molecule has 2 aromatic heterocycles. The number of carboxylic acids is 1. The van der Waals surface area contributed by atoms with Gasteiger partial charge in [0, 0.05) is 41.2 Å². The van der Waals surface area contributed by atoms with Crippen molar-refractivity contribution in [1.82, 2.24) is 9.97 Å². The molecule has 0 bridgehead atoms. The van der Waals surface area contributed by atoms with Gasteiger partial charge in [-0.25, -0.2) is 4.79 Å². The van der Waals surface area contributed by atoms with E-state index >= 15 is 0 Å². The summed E-state index contributed by atoms with van der Waals surface area (Å²) < 4.78 is 6.35. The second kappa shape index (κ2) is 10.8. The first-order valence-electron chi connectivity index (χ1n) is 12.8. The molecule has 0 amide bonds. The molecule has 2 aliphatic rings. The highest BCUT2D eigenvalue weighted by molar-refractivity contribution is 6.43. The maximum Gasteiger partial charge on any atom is 0.335 e. The number of halogens is 1. The predicted molar refractivity (Wildman–Crippen MR) is 151 cm³/mol. The molecule has 0 saturated carbocycles. The van der Waals surface area contributed by atoms with Crippen molar-refractivity contribution in [3.8, 4) is 5.75 Å². The van der Waals surface area contributed by atoms with E-state index < -0.39 is 11.9 Å². The molecule has 8 heteroatoms. The van der Waals surface area contributed by atoms with E-state index in [2.05, 4.69) is 14.9 Å². The van der Waals surface area contributed by atoms with Gasteiger partial charge >= 0.3 is 5.97 Å². The third-order valence-electron chi connectivity index (χ3n) is 7.07. The van der Waals surface area contributed by atoms with Crippen molar-refractivity contribution in [3.05, 3.63) is 142 Å². The van der Waals surface area contributed by atoms with Crippen LogP contribution in [0.3, 0.4) is 0 Å². The Bertz CT molecular complexity index is 1630. The molecule has 1 aliphatic heterocycles. The third kappa shape index (κ3) is 4.99. The Morgan fingerprint density at radius 1 is 0.925 bits per heavy atom. The van der Waals surface area contributed by atoms with Crippen molar-refractivity contribution < 1.29 is 19.4 Å². The first-order valence-corrected chi connectivity index (χ1v) is 13.2. The number of anilines is 1. The number of benzene rings is 2. The molecule has 1 N–H and O–H groups in total. The fourth-order valence-corrected chi connectivity index (χ4v) is 5.39. The molecule has 0 spiro atoms. The number of aromatic carboxylic acids is 1. The van der Waals surface area contributed by atoms with E-state index in [4.69, 9.17) is 16.3 Å². The number of carbonyl (C=O) groups excluding carboxylic acids is 1. The minimum absolute atomic E-state index is 0.00561. The summed E-state index contributed by atoms with van der Waals surface area (Å²) >= 11 is 6.28. The van der Waals surface area contributed by atoms with Gasteiger partial charge in [-0.1, -0.05) is 48.0 Å². The highest BCUT2D eigenvalue weighted by Crippen LogP contribution is 2.48. The van der Waals surface area contributed by atoms with Gasteiger partial charge in [0.2, 0.25) is 0 Å². The van der Waals surface area contributed by atoms with E-state index in [0.29, 0.717) is 35.7 Å². The molecule has 1 atom stereocenters. The Morgan fingerprint density at radius 3 is 2.25 bits per heavy atom. The topological polar surface area (TPSA) is 92.6 Å². The first kappa shape index (κ1) is 25.5. The van der Waals surface area contributed by atoms with Crippen LogP contribution in [0.25, 0.3) is 0 Å². The van der Waals surface area contributed by atoms with Crippen LogP contribution in [0.15, 0.2) is 114 Å². The maximum absolute atomic E-state index is 12.5. The minimum Gasteiger partial charge on any atom is -0.478 e. The van der Waals surface area contributed by atoms with E-state index in [1.54, 1.807) is 36.7 Å². The fraction of sp³-hybridized carbons (Fsp3) is 0.125. The van der Waals surface area contributed by atoms with Crippen LogP contribution < -0.4 is 9.64 Å². The second-order valence-electron chi connectivity index (χ2n) is 9.62. The van der Waals surface area contributed by atoms with Gasteiger partial charge in [0.05, 0.1) is 41.5 Å². The molecular weight excluding hydrogens is 526 g/mol. The number of carbonyl (C=O) groups is 2. The number of fused-ring (bicyclic) bond motifs is 1. The Kier molecular flexibility index (Phi) is 6.88. The monoisotopic (exact) mass is 549 g/mol. The number of carboxylic acid groups (broad SMARTS) is 1. The van der Waals surface area contributed by atoms with Gasteiger partial charge in [-0.3, -0.25) is 14.8 Å². The van der Waals surface area contributed by atoms with Crippen molar-refractivity contribution in [2.75, 3.05) is 4.90 Å². The van der Waals surface area contributed by atoms with Crippen LogP contribution in [0.1, 0.15) is 45.2 Å². The van der Waals surface area contributed by atoms with Crippen LogP contribution in [-0.2, 0) is 17.9 Å². The van der Waals surface area contributed by atoms with Gasteiger partial charge < -0.3 is 14.7 Å². The Balaban J connectivity index is 1.46. The number of pyridine rings is 2. The van der Waals surface area contributed by atoms with Crippen molar-refractivity contribution >= 4 is 29.0 Å². The van der Waals surface area contributed by atoms with E-state index in [9.17, 15) is 14.7 Å². The molecule has 0 saturated heterocycles. The second-order valence-corrected chi connectivity index (χ2v) is 10.0. The van der Waals surface area contributed by atoms with Crippen molar-refractivity contribution in [1.29, 1.82) is 0 Å². The number of allylic oxidation sites excluding steroid dienone is 4. The summed E-state index contributed by atoms with van der Waals surface area (Å²) in [5.74, 6) is -0.696. The largest absolute Gasteiger partial charge is 0.478 e. The van der Waals surface area contributed by atoms with Crippen LogP contribution in [0.2, 0.25) is 0 Å². The van der Waals surface area contributed by atoms with Crippen LogP contribution in [0.5, 0.6) is 5.75 Å². The quantitative estimate of drug-likeness (QED) is 0.291. The smallest absolute Gasteiger partial charge is 0.335 e. The molecule has 7 nitrogen and oxygen atoms in total. The van der Waals surface area contributed by atoms with Gasteiger partial charge in [-0.2, -0.15) is 0 Å². The average Bonchev–Trinajstić information content (AvgIpc) is 2.97. The zero-order chi connectivity index (χ0) is 27.6. The number of Topliss-reactive ketones (excluding diaryl/α,β-unsaturated/α-hetero) is 1. The normalized spacial score (nSPS) is 16.0. The SMILES string of the molecule is O=C1CC2=C(C=C1Cl)C(c1ccccc1C(=O)O)c1ccc(N(Cc3ccccn3)Cc3ccccn3)cc1O2. The summed E-state index contributed by atoms with van der Waals surface area (Å²) in [6.07, 6.45) is 5.14. The van der Waals surface area contributed by atoms with Crippen molar-refractivity contribution in [2.45, 2.75) is 25.4 Å². The summed E-state index contributed by atoms with van der Waals surface area (Å²) in [6, 6.07) is 24.4. The third-order valence-corrected chi connectivity index (χ3v) is 7.39. The predicted octanol–water partition coefficient (Wildman–Crippen LogP) is 6.26. The first-order chi connectivity index (χ1) is 19.5. The molecule has 40 heavy (non-hydrogen) atoms. The molecule has 198 valence electrons. The lowest BCUT2D eigenvalue weighted by Crippen LogP contribution is -2.25. The lowest BCUT2D eigenvalue weighted by Gasteiger charge is -2.33. The summed E-state index contributed by atoms with van der Waals surface area (Å²) in [5, 5.41) is 10.1. The fourth-order valence-electron chi connectivity index (χ4n) is 5.21. The highest BCUT2D eigenvalue weighted by atomic mass is 35.5. The number of aromatic nitrogens is 2. The number of hydrogen-bond donors (Lipinski definition) is 1. The zero-order valence-electron chi connectivity index (χ0n) is 21.3. The van der Waals surface area contributed by atoms with Gasteiger partial charge in [-0.15, -0.1) is 0 Å². The van der Waals surface area contributed by atoms with E-state index in [-0.39, 0.29) is 22.8 Å². The maximum atomic E-state index is 12.5. The summed E-state index contributed by atoms with van der Waals surface area (Å²) in [6.45, 7) is 1.07. The lowest BCUT2D eigenvalue weighted by atomic mass is 9.78. The number of rotatable bonds is 7. The van der Waals surface area contributed by atoms with E-state index in [1.807, 2.05) is 60.7 Å². The van der Waals surface area contributed by atoms with Crippen molar-refractivity contribution in [2.24, 2.45) is 0 Å². The number of hydrogen-bond acceptors (Lipinski definition) is 6. The molecule has 6 rings (SSSR count). The van der Waals surface area contributed by atoms with Gasteiger partial charge in [0.25, 0.3) is 0 Å². The molecule has 1 unspecified atom stereocenters. The Labute approximate surface area is 236 Å². The highest BCUT2D eigenvalue weighted by Gasteiger charge is 2.36. The van der Waals surface area contributed by atoms with Crippen LogP contribution in [-0.4, -0.2) is 26.8 Å². The van der Waals surface area contributed by atoms with Gasteiger partial charge in [0.15, 0.2) is 5.78 Å². The van der Waals surface area contributed by atoms with Gasteiger partial charge in [0.1, 0.15) is 11.5 Å². The van der Waals surface area contributed by atoms with Gasteiger partial charge in [-0.05, 0) is 48.0 Å². The summed E-state index contributed by atoms with van der Waals surface area (Å²) in [4.78, 5) is 35.9. The molecule has 3 heterocycles. The molecular formula is C32H24ClN3O4. The summed E-state index contributed by atoms with van der Waals surface area (Å²) in [7, 11) is 0. The lowest BCUT2D eigenvalue weighted by molar-refractivity contribution is -0.114.